The molecule has 1 N–H and O–H groups in total. The van der Waals surface area contributed by atoms with Crippen LogP contribution in [0.3, 0.4) is 0 Å². The maximum atomic E-state index is 11.8. The zero-order valence-electron chi connectivity index (χ0n) is 10.5. The summed E-state index contributed by atoms with van der Waals surface area (Å²) in [6.07, 6.45) is 2.00. The van der Waals surface area contributed by atoms with Gasteiger partial charge in [-0.3, -0.25) is 4.79 Å². The van der Waals surface area contributed by atoms with Gasteiger partial charge in [-0.15, -0.1) is 11.8 Å². The van der Waals surface area contributed by atoms with E-state index in [1.165, 1.54) is 0 Å². The molecule has 1 amide bonds. The highest BCUT2D eigenvalue weighted by molar-refractivity contribution is 8.01. The molecule has 0 aliphatic carbocycles. The number of piperazine rings is 1. The highest BCUT2D eigenvalue weighted by atomic mass is 32.2. The van der Waals surface area contributed by atoms with Crippen LogP contribution in [0, 0.1) is 0 Å². The first-order valence-electron chi connectivity index (χ1n) is 6.33. The Balaban J connectivity index is 1.88. The molecule has 3 saturated heterocycles. The summed E-state index contributed by atoms with van der Waals surface area (Å²) in [5.74, 6) is 0.959. The summed E-state index contributed by atoms with van der Waals surface area (Å²) in [7, 11) is 0. The van der Waals surface area contributed by atoms with Gasteiger partial charge in [0, 0.05) is 19.7 Å². The highest BCUT2D eigenvalue weighted by Crippen LogP contribution is 2.44. The molecule has 2 atom stereocenters. The van der Waals surface area contributed by atoms with Crippen molar-refractivity contribution in [2.24, 2.45) is 0 Å². The summed E-state index contributed by atoms with van der Waals surface area (Å²) in [6.45, 7) is 6.86. The van der Waals surface area contributed by atoms with Crippen LogP contribution < -0.4 is 5.32 Å². The van der Waals surface area contributed by atoms with Gasteiger partial charge in [-0.05, 0) is 26.7 Å². The van der Waals surface area contributed by atoms with Crippen molar-refractivity contribution in [2.75, 3.05) is 25.4 Å². The van der Waals surface area contributed by atoms with Crippen molar-refractivity contribution in [3.8, 4) is 0 Å². The van der Waals surface area contributed by atoms with Gasteiger partial charge in [0.25, 0.3) is 0 Å². The second-order valence-electron chi connectivity index (χ2n) is 5.87. The topological polar surface area (TPSA) is 41.6 Å². The molecule has 3 rings (SSSR count). The smallest absolute Gasteiger partial charge is 0.233 e. The molecular formula is C12H20N2O2S. The molecule has 0 saturated carbocycles. The molecule has 0 aromatic heterocycles. The first-order valence-corrected chi connectivity index (χ1v) is 7.37. The maximum Gasteiger partial charge on any atom is 0.233 e. The molecule has 0 aromatic carbocycles. The van der Waals surface area contributed by atoms with Crippen LogP contribution in [0.5, 0.6) is 0 Å². The fourth-order valence-electron chi connectivity index (χ4n) is 3.44. The van der Waals surface area contributed by atoms with Gasteiger partial charge in [-0.25, -0.2) is 0 Å². The van der Waals surface area contributed by atoms with Gasteiger partial charge in [0.2, 0.25) is 5.91 Å². The minimum atomic E-state index is -0.0829. The van der Waals surface area contributed by atoms with E-state index in [0.29, 0.717) is 17.0 Å². The highest BCUT2D eigenvalue weighted by Gasteiger charge is 2.53. The number of rotatable bonds is 0. The lowest BCUT2D eigenvalue weighted by atomic mass is 9.79. The third-order valence-electron chi connectivity index (χ3n) is 4.05. The van der Waals surface area contributed by atoms with Crippen LogP contribution >= 0.6 is 11.8 Å². The second-order valence-corrected chi connectivity index (χ2v) is 6.94. The number of carbonyl (C=O) groups is 1. The molecule has 3 aliphatic heterocycles. The number of thioether (sulfide) groups is 1. The lowest BCUT2D eigenvalue weighted by Crippen LogP contribution is -2.68. The minimum Gasteiger partial charge on any atom is -0.375 e. The summed E-state index contributed by atoms with van der Waals surface area (Å²) < 4.78 is 5.82. The van der Waals surface area contributed by atoms with Crippen LogP contribution in [0.25, 0.3) is 0 Å². The Hall–Kier alpha value is -0.260. The van der Waals surface area contributed by atoms with Crippen LogP contribution in [0.4, 0.5) is 0 Å². The van der Waals surface area contributed by atoms with Crippen LogP contribution in [-0.2, 0) is 9.53 Å². The van der Waals surface area contributed by atoms with Crippen molar-refractivity contribution < 1.29 is 9.53 Å². The predicted molar refractivity (Wildman–Crippen MR) is 68.0 cm³/mol. The van der Waals surface area contributed by atoms with Gasteiger partial charge in [-0.1, -0.05) is 0 Å². The fraction of sp³-hybridized carbons (Fsp3) is 0.917. The van der Waals surface area contributed by atoms with E-state index in [-0.39, 0.29) is 11.1 Å². The average molecular weight is 256 g/mol. The van der Waals surface area contributed by atoms with Crippen molar-refractivity contribution >= 4 is 17.7 Å². The SMILES string of the molecule is CC1(C)C[C@@]2(CCO1)NCCN1C(=O)CS[C@H]12. The second kappa shape index (κ2) is 3.87. The van der Waals surface area contributed by atoms with Gasteiger partial charge in [-0.2, -0.15) is 0 Å². The van der Waals surface area contributed by atoms with Gasteiger partial charge in [0.15, 0.2) is 0 Å². The van der Waals surface area contributed by atoms with Crippen molar-refractivity contribution in [2.45, 2.75) is 43.2 Å². The maximum absolute atomic E-state index is 11.8. The molecule has 3 heterocycles. The van der Waals surface area contributed by atoms with Crippen molar-refractivity contribution in [3.63, 3.8) is 0 Å². The number of hydrogen-bond acceptors (Lipinski definition) is 4. The Morgan fingerprint density at radius 3 is 3.12 bits per heavy atom. The first-order chi connectivity index (χ1) is 8.03. The van der Waals surface area contributed by atoms with Crippen LogP contribution in [0.2, 0.25) is 0 Å². The Kier molecular flexibility index (Phi) is 2.69. The van der Waals surface area contributed by atoms with E-state index < -0.39 is 0 Å². The lowest BCUT2D eigenvalue weighted by Gasteiger charge is -2.53. The molecule has 0 unspecified atom stereocenters. The predicted octanol–water partition coefficient (Wildman–Crippen LogP) is 0.819. The Labute approximate surface area is 106 Å². The summed E-state index contributed by atoms with van der Waals surface area (Å²) in [6, 6.07) is 0. The molecule has 5 heteroatoms. The molecule has 0 bridgehead atoms. The zero-order chi connectivity index (χ0) is 12.1. The largest absolute Gasteiger partial charge is 0.375 e. The Bertz CT molecular complexity index is 343. The summed E-state index contributed by atoms with van der Waals surface area (Å²) in [5.41, 5.74) is -0.0166. The van der Waals surface area contributed by atoms with Crippen LogP contribution in [-0.4, -0.2) is 52.8 Å². The van der Waals surface area contributed by atoms with E-state index in [2.05, 4.69) is 24.1 Å². The summed E-state index contributed by atoms with van der Waals surface area (Å²) >= 11 is 1.80. The number of ether oxygens (including phenoxy) is 1. The van der Waals surface area contributed by atoms with Gasteiger partial charge in [0.05, 0.1) is 22.3 Å². The van der Waals surface area contributed by atoms with E-state index in [0.717, 1.165) is 32.5 Å². The third-order valence-corrected chi connectivity index (χ3v) is 5.49. The molecule has 17 heavy (non-hydrogen) atoms. The molecular weight excluding hydrogens is 236 g/mol. The normalized spacial score (nSPS) is 40.7. The Morgan fingerprint density at radius 2 is 2.35 bits per heavy atom. The monoisotopic (exact) mass is 256 g/mol. The fourth-order valence-corrected chi connectivity index (χ4v) is 4.91. The minimum absolute atomic E-state index is 0.0663. The third kappa shape index (κ3) is 1.88. The Morgan fingerprint density at radius 1 is 1.53 bits per heavy atom. The van der Waals surface area contributed by atoms with E-state index in [4.69, 9.17) is 4.74 Å². The molecule has 4 nitrogen and oxygen atoms in total. The molecule has 0 aromatic rings. The van der Waals surface area contributed by atoms with Crippen LogP contribution in [0.1, 0.15) is 26.7 Å². The van der Waals surface area contributed by atoms with E-state index in [1.54, 1.807) is 11.8 Å². The van der Waals surface area contributed by atoms with Gasteiger partial charge >= 0.3 is 0 Å². The molecule has 96 valence electrons. The van der Waals surface area contributed by atoms with Gasteiger partial charge < -0.3 is 15.0 Å². The van der Waals surface area contributed by atoms with E-state index >= 15 is 0 Å². The average Bonchev–Trinajstić information content (AvgIpc) is 2.61. The number of nitrogens with zero attached hydrogens (tertiary/aromatic N) is 1. The number of fused-ring (bicyclic) bond motifs is 2. The summed E-state index contributed by atoms with van der Waals surface area (Å²) in [4.78, 5) is 13.9. The standard InChI is InChI=1S/C12H20N2O2S/c1-11(2)8-12(3-6-16-11)10-14(5-4-13-12)9(15)7-17-10/h10,13H,3-8H2,1-2H3/t10-,12+/m0/s1. The lowest BCUT2D eigenvalue weighted by molar-refractivity contribution is -0.136. The van der Waals surface area contributed by atoms with E-state index in [1.807, 2.05) is 0 Å². The van der Waals surface area contributed by atoms with E-state index in [9.17, 15) is 4.79 Å². The molecule has 1 spiro atoms. The number of carbonyl (C=O) groups excluding carboxylic acids is 1. The van der Waals surface area contributed by atoms with Crippen molar-refractivity contribution in [1.29, 1.82) is 0 Å². The number of hydrogen-bond donors (Lipinski definition) is 1. The summed E-state index contributed by atoms with van der Waals surface area (Å²) in [5, 5.41) is 4.00. The number of nitrogens with one attached hydrogen (secondary N) is 1. The van der Waals surface area contributed by atoms with Gasteiger partial charge in [0.1, 0.15) is 0 Å². The van der Waals surface area contributed by atoms with Crippen LogP contribution in [0.15, 0.2) is 0 Å². The quantitative estimate of drug-likeness (QED) is 0.697. The molecule has 0 radical (unpaired) electrons. The van der Waals surface area contributed by atoms with Crippen molar-refractivity contribution in [3.05, 3.63) is 0 Å². The number of amides is 1. The molecule has 3 fully saturated rings. The molecule has 3 aliphatic rings. The first kappa shape index (κ1) is 11.8. The zero-order valence-corrected chi connectivity index (χ0v) is 11.3. The van der Waals surface area contributed by atoms with Crippen molar-refractivity contribution in [1.82, 2.24) is 10.2 Å².